The number of rotatable bonds is 0. The fraction of sp³-hybridized carbons (Fsp3) is 0.556. The van der Waals surface area contributed by atoms with Gasteiger partial charge in [0.15, 0.2) is 0 Å². The first-order chi connectivity index (χ1) is 5.77. The minimum absolute atomic E-state index is 0.0977. The fourth-order valence-electron chi connectivity index (χ4n) is 1.86. The first-order valence-electron chi connectivity index (χ1n) is 4.26. The summed E-state index contributed by atoms with van der Waals surface area (Å²) >= 11 is 0. The molecule has 1 heterocycles. The third-order valence-electron chi connectivity index (χ3n) is 2.58. The molecule has 12 heavy (non-hydrogen) atoms. The summed E-state index contributed by atoms with van der Waals surface area (Å²) in [6.45, 7) is 3.92. The van der Waals surface area contributed by atoms with E-state index in [1.54, 1.807) is 0 Å². The van der Waals surface area contributed by atoms with E-state index in [9.17, 15) is 4.79 Å². The Balaban J connectivity index is 2.18. The molecule has 2 rings (SSSR count). The van der Waals surface area contributed by atoms with Crippen molar-refractivity contribution in [3.8, 4) is 0 Å². The predicted octanol–water partition coefficient (Wildman–Crippen LogP) is 0.869. The Morgan fingerprint density at radius 2 is 2.50 bits per heavy atom. The second-order valence-corrected chi connectivity index (χ2v) is 3.45. The lowest BCUT2D eigenvalue weighted by molar-refractivity contribution is -0.125. The molecule has 0 aromatic heterocycles. The van der Waals surface area contributed by atoms with Gasteiger partial charge in [-0.05, 0) is 19.3 Å². The average molecular weight is 164 g/mol. The van der Waals surface area contributed by atoms with E-state index in [1.807, 2.05) is 0 Å². The average Bonchev–Trinajstić information content (AvgIpc) is 2.04. The zero-order valence-corrected chi connectivity index (χ0v) is 6.92. The molecule has 1 saturated carbocycles. The number of hydrogen-bond donors (Lipinski definition) is 1. The SMILES string of the molecule is C=C1CCC2C(=O)NC=NC2C1. The number of nitrogens with zero attached hydrogens (tertiary/aromatic N) is 1. The van der Waals surface area contributed by atoms with E-state index in [4.69, 9.17) is 0 Å². The van der Waals surface area contributed by atoms with Gasteiger partial charge >= 0.3 is 0 Å². The van der Waals surface area contributed by atoms with Crippen LogP contribution in [0.5, 0.6) is 0 Å². The van der Waals surface area contributed by atoms with E-state index in [-0.39, 0.29) is 17.9 Å². The number of aliphatic imine (C=N–C) groups is 1. The van der Waals surface area contributed by atoms with Crippen LogP contribution in [0.3, 0.4) is 0 Å². The Morgan fingerprint density at radius 1 is 1.67 bits per heavy atom. The summed E-state index contributed by atoms with van der Waals surface area (Å²) in [4.78, 5) is 15.5. The van der Waals surface area contributed by atoms with Gasteiger partial charge < -0.3 is 5.32 Å². The molecule has 2 aliphatic rings. The van der Waals surface area contributed by atoms with Gasteiger partial charge in [-0.15, -0.1) is 0 Å². The summed E-state index contributed by atoms with van der Waals surface area (Å²) in [5, 5.41) is 2.64. The maximum absolute atomic E-state index is 11.3. The Labute approximate surface area is 71.6 Å². The molecule has 2 atom stereocenters. The highest BCUT2D eigenvalue weighted by atomic mass is 16.2. The zero-order chi connectivity index (χ0) is 8.55. The minimum atomic E-state index is 0.0977. The Bertz CT molecular complexity index is 257. The van der Waals surface area contributed by atoms with Gasteiger partial charge in [0.05, 0.1) is 18.3 Å². The van der Waals surface area contributed by atoms with Gasteiger partial charge in [0.2, 0.25) is 5.91 Å². The molecule has 3 nitrogen and oxygen atoms in total. The van der Waals surface area contributed by atoms with Crippen LogP contribution in [0.1, 0.15) is 19.3 Å². The highest BCUT2D eigenvalue weighted by molar-refractivity contribution is 5.91. The number of fused-ring (bicyclic) bond motifs is 1. The number of amides is 1. The molecule has 0 spiro atoms. The lowest BCUT2D eigenvalue weighted by atomic mass is 9.81. The van der Waals surface area contributed by atoms with E-state index in [2.05, 4.69) is 16.9 Å². The molecule has 1 aliphatic carbocycles. The van der Waals surface area contributed by atoms with Gasteiger partial charge in [-0.3, -0.25) is 9.79 Å². The summed E-state index contributed by atoms with van der Waals surface area (Å²) < 4.78 is 0. The van der Waals surface area contributed by atoms with Crippen molar-refractivity contribution in [1.29, 1.82) is 0 Å². The van der Waals surface area contributed by atoms with Crippen molar-refractivity contribution < 1.29 is 4.79 Å². The molecular formula is C9H12N2O. The first kappa shape index (κ1) is 7.53. The summed E-state index contributed by atoms with van der Waals surface area (Å²) in [5.74, 6) is 0.225. The van der Waals surface area contributed by atoms with Crippen LogP contribution >= 0.6 is 0 Å². The molecule has 64 valence electrons. The predicted molar refractivity (Wildman–Crippen MR) is 46.9 cm³/mol. The second-order valence-electron chi connectivity index (χ2n) is 3.45. The zero-order valence-electron chi connectivity index (χ0n) is 6.92. The van der Waals surface area contributed by atoms with Gasteiger partial charge in [0, 0.05) is 0 Å². The van der Waals surface area contributed by atoms with Gasteiger partial charge in [0.1, 0.15) is 0 Å². The molecule has 0 radical (unpaired) electrons. The van der Waals surface area contributed by atoms with Crippen LogP contribution in [0.2, 0.25) is 0 Å². The molecule has 3 heteroatoms. The van der Waals surface area contributed by atoms with Gasteiger partial charge in [0.25, 0.3) is 0 Å². The van der Waals surface area contributed by atoms with Gasteiger partial charge in [-0.25, -0.2) is 0 Å². The molecule has 1 N–H and O–H groups in total. The van der Waals surface area contributed by atoms with Crippen molar-refractivity contribution in [3.63, 3.8) is 0 Å². The third kappa shape index (κ3) is 1.15. The van der Waals surface area contributed by atoms with Crippen LogP contribution in [0.15, 0.2) is 17.1 Å². The Morgan fingerprint density at radius 3 is 3.33 bits per heavy atom. The van der Waals surface area contributed by atoms with Crippen molar-refractivity contribution in [2.45, 2.75) is 25.3 Å². The highest BCUT2D eigenvalue weighted by Crippen LogP contribution is 2.30. The molecule has 1 aliphatic heterocycles. The molecule has 0 saturated heterocycles. The maximum atomic E-state index is 11.3. The van der Waals surface area contributed by atoms with E-state index >= 15 is 0 Å². The van der Waals surface area contributed by atoms with E-state index in [0.29, 0.717) is 0 Å². The first-order valence-corrected chi connectivity index (χ1v) is 4.26. The standard InChI is InChI=1S/C9H12N2O/c1-6-2-3-7-8(4-6)10-5-11-9(7)12/h5,7-8H,1-4H2,(H,10,11,12). The van der Waals surface area contributed by atoms with Crippen molar-refractivity contribution in [2.24, 2.45) is 10.9 Å². The van der Waals surface area contributed by atoms with Crippen LogP contribution in [0.4, 0.5) is 0 Å². The smallest absolute Gasteiger partial charge is 0.230 e. The van der Waals surface area contributed by atoms with Crippen LogP contribution in [0, 0.1) is 5.92 Å². The second kappa shape index (κ2) is 2.73. The molecule has 2 unspecified atom stereocenters. The number of nitrogens with one attached hydrogen (secondary N) is 1. The third-order valence-corrected chi connectivity index (χ3v) is 2.58. The van der Waals surface area contributed by atoms with Gasteiger partial charge in [-0.1, -0.05) is 12.2 Å². The molecule has 1 amide bonds. The minimum Gasteiger partial charge on any atom is -0.317 e. The number of carbonyl (C=O) groups is 1. The lowest BCUT2D eigenvalue weighted by Crippen LogP contribution is -2.42. The Kier molecular flexibility index (Phi) is 1.71. The van der Waals surface area contributed by atoms with Crippen molar-refractivity contribution in [3.05, 3.63) is 12.2 Å². The van der Waals surface area contributed by atoms with Crippen LogP contribution < -0.4 is 5.32 Å². The highest BCUT2D eigenvalue weighted by Gasteiger charge is 2.33. The molecule has 1 fully saturated rings. The summed E-state index contributed by atoms with van der Waals surface area (Å²) in [7, 11) is 0. The topological polar surface area (TPSA) is 41.5 Å². The van der Waals surface area contributed by atoms with E-state index in [1.165, 1.54) is 11.9 Å². The normalized spacial score (nSPS) is 34.3. The number of hydrogen-bond acceptors (Lipinski definition) is 2. The largest absolute Gasteiger partial charge is 0.317 e. The fourth-order valence-corrected chi connectivity index (χ4v) is 1.86. The summed E-state index contributed by atoms with van der Waals surface area (Å²) in [5.41, 5.74) is 1.23. The van der Waals surface area contributed by atoms with Crippen molar-refractivity contribution in [1.82, 2.24) is 5.32 Å². The lowest BCUT2D eigenvalue weighted by Gasteiger charge is -2.30. The maximum Gasteiger partial charge on any atom is 0.230 e. The van der Waals surface area contributed by atoms with E-state index < -0.39 is 0 Å². The van der Waals surface area contributed by atoms with E-state index in [0.717, 1.165) is 19.3 Å². The molecular weight excluding hydrogens is 152 g/mol. The molecule has 0 aromatic carbocycles. The van der Waals surface area contributed by atoms with Crippen LogP contribution in [-0.4, -0.2) is 18.3 Å². The van der Waals surface area contributed by atoms with Crippen LogP contribution in [0.25, 0.3) is 0 Å². The van der Waals surface area contributed by atoms with Crippen LogP contribution in [-0.2, 0) is 4.79 Å². The monoisotopic (exact) mass is 164 g/mol. The summed E-state index contributed by atoms with van der Waals surface area (Å²) in [6.07, 6.45) is 4.29. The van der Waals surface area contributed by atoms with Crippen molar-refractivity contribution >= 4 is 12.2 Å². The van der Waals surface area contributed by atoms with Gasteiger partial charge in [-0.2, -0.15) is 0 Å². The quantitative estimate of drug-likeness (QED) is 0.530. The molecule has 0 bridgehead atoms. The van der Waals surface area contributed by atoms with Crippen molar-refractivity contribution in [2.75, 3.05) is 0 Å². The molecule has 0 aromatic rings. The number of carbonyl (C=O) groups excluding carboxylic acids is 1. The summed E-state index contributed by atoms with van der Waals surface area (Å²) in [6, 6.07) is 0.167. The Hall–Kier alpha value is -1.12.